The molecule has 1 amide bonds. The van der Waals surface area contributed by atoms with Crippen molar-refractivity contribution in [3.8, 4) is 28.7 Å². The second kappa shape index (κ2) is 9.20. The van der Waals surface area contributed by atoms with Crippen LogP contribution >= 0.6 is 0 Å². The highest BCUT2D eigenvalue weighted by atomic mass is 19.4. The highest BCUT2D eigenvalue weighted by Gasteiger charge is 2.34. The van der Waals surface area contributed by atoms with Gasteiger partial charge in [0.15, 0.2) is 17.2 Å². The Kier molecular flexibility index (Phi) is 6.43. The third kappa shape index (κ3) is 5.32. The fraction of sp³-hybridized carbons (Fsp3) is 0.150. The van der Waals surface area contributed by atoms with Crippen LogP contribution in [0.1, 0.15) is 16.1 Å². The van der Waals surface area contributed by atoms with Crippen LogP contribution in [0.15, 0.2) is 55.0 Å². The number of alkyl halides is 3. The van der Waals surface area contributed by atoms with Crippen molar-refractivity contribution >= 4 is 5.91 Å². The number of benzene rings is 1. The molecule has 0 aliphatic carbocycles. The number of ether oxygens (including phenoxy) is 3. The maximum Gasteiger partial charge on any atom is 0.433 e. The normalized spacial score (nSPS) is 10.9. The third-order valence-corrected chi connectivity index (χ3v) is 3.89. The zero-order chi connectivity index (χ0) is 22.4. The van der Waals surface area contributed by atoms with Crippen LogP contribution in [0.5, 0.6) is 28.7 Å². The fourth-order valence-electron chi connectivity index (χ4n) is 2.39. The Hall–Kier alpha value is -4.02. The summed E-state index contributed by atoms with van der Waals surface area (Å²) < 4.78 is 55.3. The predicted molar refractivity (Wildman–Crippen MR) is 101 cm³/mol. The first-order valence-corrected chi connectivity index (χ1v) is 8.66. The molecule has 0 aliphatic rings. The molecule has 0 aliphatic heterocycles. The molecular weight excluding hydrogens is 419 g/mol. The Bertz CT molecular complexity index is 1060. The number of nitrogens with zero attached hydrogens (tertiary/aromatic N) is 2. The molecule has 31 heavy (non-hydrogen) atoms. The van der Waals surface area contributed by atoms with Gasteiger partial charge in [-0.25, -0.2) is 0 Å². The number of hydrogen-bond donors (Lipinski definition) is 1. The molecule has 3 aromatic rings. The van der Waals surface area contributed by atoms with E-state index in [1.54, 1.807) is 6.07 Å². The van der Waals surface area contributed by atoms with Crippen molar-refractivity contribution in [3.63, 3.8) is 0 Å². The summed E-state index contributed by atoms with van der Waals surface area (Å²) in [5.41, 5.74) is 0.582. The molecule has 162 valence electrons. The largest absolute Gasteiger partial charge is 0.497 e. The fourth-order valence-corrected chi connectivity index (χ4v) is 2.39. The van der Waals surface area contributed by atoms with E-state index in [9.17, 15) is 18.0 Å². The van der Waals surface area contributed by atoms with Gasteiger partial charge in [0.1, 0.15) is 22.8 Å². The van der Waals surface area contributed by atoms with Gasteiger partial charge in [-0.2, -0.15) is 18.7 Å². The number of halogens is 3. The summed E-state index contributed by atoms with van der Waals surface area (Å²) in [6.45, 7) is 0. The van der Waals surface area contributed by atoms with Gasteiger partial charge in [-0.1, -0.05) is 0 Å². The van der Waals surface area contributed by atoms with Crippen molar-refractivity contribution in [1.29, 1.82) is 0 Å². The maximum absolute atomic E-state index is 13.2. The summed E-state index contributed by atoms with van der Waals surface area (Å²) in [4.78, 5) is 24.8. The quantitative estimate of drug-likeness (QED) is 0.560. The molecular formula is C20H16F3N3O5. The molecule has 0 saturated heterocycles. The number of hydrogen-bond acceptors (Lipinski definition) is 7. The second-order valence-corrected chi connectivity index (χ2v) is 5.90. The molecule has 8 nitrogen and oxygen atoms in total. The molecule has 11 heteroatoms. The van der Waals surface area contributed by atoms with E-state index in [0.29, 0.717) is 11.8 Å². The van der Waals surface area contributed by atoms with Crippen LogP contribution in [0.25, 0.3) is 0 Å². The van der Waals surface area contributed by atoms with Crippen molar-refractivity contribution in [2.45, 2.75) is 6.18 Å². The van der Waals surface area contributed by atoms with E-state index >= 15 is 0 Å². The average molecular weight is 435 g/mol. The number of methoxy groups -OCH3 is 2. The molecule has 0 radical (unpaired) electrons. The highest BCUT2D eigenvalue weighted by Crippen LogP contribution is 2.38. The lowest BCUT2D eigenvalue weighted by Gasteiger charge is -2.16. The number of amides is 1. The smallest absolute Gasteiger partial charge is 0.433 e. The van der Waals surface area contributed by atoms with Gasteiger partial charge >= 0.3 is 6.18 Å². The lowest BCUT2D eigenvalue weighted by Crippen LogP contribution is -2.27. The second-order valence-electron chi connectivity index (χ2n) is 5.90. The maximum atomic E-state index is 13.2. The lowest BCUT2D eigenvalue weighted by molar-refractivity contribution is -0.141. The van der Waals surface area contributed by atoms with Crippen molar-refractivity contribution in [1.82, 2.24) is 15.4 Å². The van der Waals surface area contributed by atoms with Gasteiger partial charge in [-0.3, -0.25) is 14.8 Å². The third-order valence-electron chi connectivity index (χ3n) is 3.89. The summed E-state index contributed by atoms with van der Waals surface area (Å²) in [6.07, 6.45) is -1.16. The van der Waals surface area contributed by atoms with Crippen molar-refractivity contribution in [3.05, 3.63) is 66.2 Å². The molecule has 2 aromatic heterocycles. The van der Waals surface area contributed by atoms with Gasteiger partial charge in [0, 0.05) is 24.5 Å². The molecule has 3 rings (SSSR count). The van der Waals surface area contributed by atoms with Crippen molar-refractivity contribution in [2.75, 3.05) is 14.2 Å². The van der Waals surface area contributed by atoms with Gasteiger partial charge in [0.05, 0.1) is 20.4 Å². The van der Waals surface area contributed by atoms with E-state index in [2.05, 4.69) is 15.4 Å². The zero-order valence-corrected chi connectivity index (χ0v) is 16.3. The summed E-state index contributed by atoms with van der Waals surface area (Å²) in [6, 6.07) is 8.15. The summed E-state index contributed by atoms with van der Waals surface area (Å²) in [5.74, 6) is -0.383. The van der Waals surface area contributed by atoms with Crippen molar-refractivity contribution in [2.24, 2.45) is 0 Å². The highest BCUT2D eigenvalue weighted by molar-refractivity contribution is 5.96. The molecule has 0 saturated carbocycles. The number of hydroxylamine groups is 1. The molecule has 0 bridgehead atoms. The number of nitrogens with one attached hydrogen (secondary N) is 1. The van der Waals surface area contributed by atoms with Gasteiger partial charge < -0.3 is 19.0 Å². The Morgan fingerprint density at radius 2 is 1.77 bits per heavy atom. The van der Waals surface area contributed by atoms with Crippen LogP contribution < -0.4 is 24.5 Å². The van der Waals surface area contributed by atoms with Gasteiger partial charge in [-0.05, 0) is 24.3 Å². The van der Waals surface area contributed by atoms with Crippen LogP contribution in [-0.2, 0) is 6.18 Å². The predicted octanol–water partition coefficient (Wildman–Crippen LogP) is 4.03. The van der Waals surface area contributed by atoms with E-state index in [-0.39, 0.29) is 22.8 Å². The van der Waals surface area contributed by atoms with Crippen LogP contribution in [0.3, 0.4) is 0 Å². The Balaban J connectivity index is 1.93. The van der Waals surface area contributed by atoms with Gasteiger partial charge in [-0.15, -0.1) is 0 Å². The van der Waals surface area contributed by atoms with E-state index in [0.717, 1.165) is 6.20 Å². The first-order chi connectivity index (χ1) is 14.8. The van der Waals surface area contributed by atoms with Crippen LogP contribution in [0.4, 0.5) is 13.2 Å². The Labute approximate surface area is 174 Å². The van der Waals surface area contributed by atoms with Gasteiger partial charge in [0.25, 0.3) is 5.91 Å². The molecule has 1 N–H and O–H groups in total. The van der Waals surface area contributed by atoms with E-state index in [1.165, 1.54) is 50.9 Å². The van der Waals surface area contributed by atoms with Crippen LogP contribution in [0, 0.1) is 0 Å². The van der Waals surface area contributed by atoms with E-state index in [4.69, 9.17) is 19.0 Å². The molecule has 1 aromatic carbocycles. The molecule has 0 unspecified atom stereocenters. The standard InChI is InChI=1S/C20H16F3N3O5/c1-28-12-5-6-15(17(8-12)29-2)30-16-9-18(20(21,22)23)25-11-14(16)19(27)26-31-13-4-3-7-24-10-13/h3-11H,1-2H3,(H,26,27). The molecule has 0 spiro atoms. The van der Waals surface area contributed by atoms with Crippen LogP contribution in [0.2, 0.25) is 0 Å². The van der Waals surface area contributed by atoms with Crippen LogP contribution in [-0.4, -0.2) is 30.1 Å². The van der Waals surface area contributed by atoms with Gasteiger partial charge in [0.2, 0.25) is 0 Å². The summed E-state index contributed by atoms with van der Waals surface area (Å²) in [7, 11) is 2.79. The number of rotatable bonds is 7. The zero-order valence-electron chi connectivity index (χ0n) is 16.3. The first-order valence-electron chi connectivity index (χ1n) is 8.66. The molecule has 0 atom stereocenters. The number of carbonyl (C=O) groups excluding carboxylic acids is 1. The Morgan fingerprint density at radius 1 is 0.968 bits per heavy atom. The van der Waals surface area contributed by atoms with E-state index in [1.807, 2.05) is 0 Å². The van der Waals surface area contributed by atoms with Crippen molar-refractivity contribution < 1.29 is 37.0 Å². The minimum Gasteiger partial charge on any atom is -0.497 e. The average Bonchev–Trinajstić information content (AvgIpc) is 2.77. The summed E-state index contributed by atoms with van der Waals surface area (Å²) in [5, 5.41) is 0. The minimum absolute atomic E-state index is 0.0600. The first kappa shape index (κ1) is 21.7. The molecule has 0 fully saturated rings. The number of pyridine rings is 2. The monoisotopic (exact) mass is 435 g/mol. The summed E-state index contributed by atoms with van der Waals surface area (Å²) >= 11 is 0. The number of aromatic nitrogens is 2. The number of carbonyl (C=O) groups is 1. The van der Waals surface area contributed by atoms with E-state index < -0.39 is 23.5 Å². The topological polar surface area (TPSA) is 91.8 Å². The molecule has 2 heterocycles. The SMILES string of the molecule is COc1ccc(Oc2cc(C(F)(F)F)ncc2C(=O)NOc2cccnc2)c(OC)c1. The minimum atomic E-state index is -4.75. The lowest BCUT2D eigenvalue weighted by atomic mass is 10.2. The Morgan fingerprint density at radius 3 is 2.42 bits per heavy atom.